The Kier molecular flexibility index (Phi) is 2.40. The average Bonchev–Trinajstić information content (AvgIpc) is 2.26. The Morgan fingerprint density at radius 2 is 2.00 bits per heavy atom. The minimum atomic E-state index is -0.379. The van der Waals surface area contributed by atoms with E-state index in [0.717, 1.165) is 0 Å². The highest BCUT2D eigenvalue weighted by atomic mass is 16.3. The second-order valence-corrected chi connectivity index (χ2v) is 3.50. The van der Waals surface area contributed by atoms with Crippen molar-refractivity contribution in [2.24, 2.45) is 5.92 Å². The van der Waals surface area contributed by atoms with Crippen molar-refractivity contribution in [3.8, 4) is 0 Å². The summed E-state index contributed by atoms with van der Waals surface area (Å²) < 4.78 is 0. The van der Waals surface area contributed by atoms with Gasteiger partial charge in [-0.3, -0.25) is 9.59 Å². The van der Waals surface area contributed by atoms with Crippen LogP contribution in [0.4, 0.5) is 0 Å². The predicted molar refractivity (Wildman–Crippen MR) is 47.1 cm³/mol. The Balaban J connectivity index is 3.11. The van der Waals surface area contributed by atoms with Crippen molar-refractivity contribution < 1.29 is 14.7 Å². The number of amides is 1. The van der Waals surface area contributed by atoms with Crippen molar-refractivity contribution in [2.75, 3.05) is 13.6 Å². The summed E-state index contributed by atoms with van der Waals surface area (Å²) in [5.41, 5.74) is -0.0440. The molecule has 4 nitrogen and oxygen atoms in total. The fourth-order valence-electron chi connectivity index (χ4n) is 1.22. The Bertz CT molecular complexity index is 291. The first-order chi connectivity index (χ1) is 5.95. The first-order valence-corrected chi connectivity index (χ1v) is 4.17. The molecule has 1 amide bonds. The fourth-order valence-corrected chi connectivity index (χ4v) is 1.22. The first-order valence-electron chi connectivity index (χ1n) is 4.17. The number of aliphatic hydroxyl groups excluding tert-OH is 1. The summed E-state index contributed by atoms with van der Waals surface area (Å²) in [5.74, 6) is -0.955. The van der Waals surface area contributed by atoms with Gasteiger partial charge in [0.25, 0.3) is 5.91 Å². The molecule has 0 atom stereocenters. The molecule has 0 bridgehead atoms. The molecular formula is C9H13NO3. The third-order valence-corrected chi connectivity index (χ3v) is 2.02. The van der Waals surface area contributed by atoms with Gasteiger partial charge in [0, 0.05) is 13.0 Å². The normalized spacial score (nSPS) is 21.7. The summed E-state index contributed by atoms with van der Waals surface area (Å²) in [7, 11) is 1.54. The van der Waals surface area contributed by atoms with Gasteiger partial charge < -0.3 is 10.0 Å². The van der Waals surface area contributed by atoms with E-state index in [1.807, 2.05) is 0 Å². The van der Waals surface area contributed by atoms with Crippen LogP contribution in [0.5, 0.6) is 0 Å². The van der Waals surface area contributed by atoms with E-state index in [4.69, 9.17) is 0 Å². The van der Waals surface area contributed by atoms with Gasteiger partial charge in [-0.15, -0.1) is 0 Å². The van der Waals surface area contributed by atoms with E-state index < -0.39 is 0 Å². The van der Waals surface area contributed by atoms with Crippen LogP contribution in [-0.2, 0) is 9.59 Å². The number of nitrogens with zero attached hydrogens (tertiary/aromatic N) is 1. The predicted octanol–water partition coefficient (Wildman–Crippen LogP) is 0.496. The van der Waals surface area contributed by atoms with E-state index in [1.165, 1.54) is 4.90 Å². The smallest absolute Gasteiger partial charge is 0.261 e. The Labute approximate surface area is 76.8 Å². The highest BCUT2D eigenvalue weighted by Crippen LogP contribution is 2.19. The molecule has 0 aromatic carbocycles. The van der Waals surface area contributed by atoms with Crippen molar-refractivity contribution in [2.45, 2.75) is 13.8 Å². The quantitative estimate of drug-likeness (QED) is 0.366. The number of hydrogen-bond acceptors (Lipinski definition) is 3. The van der Waals surface area contributed by atoms with Gasteiger partial charge in [0.15, 0.2) is 5.78 Å². The minimum absolute atomic E-state index is 0.0440. The average molecular weight is 183 g/mol. The number of ketones is 1. The second kappa shape index (κ2) is 3.20. The molecule has 1 heterocycles. The topological polar surface area (TPSA) is 57.6 Å². The second-order valence-electron chi connectivity index (χ2n) is 3.50. The zero-order valence-electron chi connectivity index (χ0n) is 8.00. The van der Waals surface area contributed by atoms with Gasteiger partial charge in [0.2, 0.25) is 0 Å². The largest absolute Gasteiger partial charge is 0.511 e. The molecule has 1 rings (SSSR count). The lowest BCUT2D eigenvalue weighted by Crippen LogP contribution is -2.20. The molecular weight excluding hydrogens is 170 g/mol. The Hall–Kier alpha value is -1.32. The van der Waals surface area contributed by atoms with Crippen LogP contribution in [0.15, 0.2) is 11.3 Å². The van der Waals surface area contributed by atoms with Gasteiger partial charge in [-0.25, -0.2) is 0 Å². The molecule has 1 aliphatic heterocycles. The summed E-state index contributed by atoms with van der Waals surface area (Å²) in [6, 6.07) is 0. The number of likely N-dealkylation sites (N-methyl/N-ethyl adjacent to an activating group) is 1. The highest BCUT2D eigenvalue weighted by Gasteiger charge is 2.34. The van der Waals surface area contributed by atoms with Crippen LogP contribution < -0.4 is 0 Å². The van der Waals surface area contributed by atoms with Gasteiger partial charge in [0.1, 0.15) is 11.3 Å². The third kappa shape index (κ3) is 1.56. The molecule has 1 fully saturated rings. The maximum Gasteiger partial charge on any atom is 0.261 e. The zero-order valence-corrected chi connectivity index (χ0v) is 8.00. The SMILES string of the molecule is CC(C)/C(O)=C1/C(=O)CN(C)C1=O. The lowest BCUT2D eigenvalue weighted by molar-refractivity contribution is -0.123. The Morgan fingerprint density at radius 1 is 1.46 bits per heavy atom. The van der Waals surface area contributed by atoms with Gasteiger partial charge >= 0.3 is 0 Å². The molecule has 0 aliphatic carbocycles. The molecule has 4 heteroatoms. The number of Topliss-reactive ketones (excluding diaryl/α,β-unsaturated/α-hetero) is 1. The summed E-state index contributed by atoms with van der Waals surface area (Å²) in [5, 5.41) is 9.50. The highest BCUT2D eigenvalue weighted by molar-refractivity contribution is 6.25. The monoisotopic (exact) mass is 183 g/mol. The molecule has 0 radical (unpaired) electrons. The molecule has 0 aromatic heterocycles. The molecule has 1 saturated heterocycles. The molecule has 1 N–H and O–H groups in total. The number of hydrogen-bond donors (Lipinski definition) is 1. The van der Waals surface area contributed by atoms with E-state index >= 15 is 0 Å². The molecule has 72 valence electrons. The van der Waals surface area contributed by atoms with Crippen LogP contribution in [0.1, 0.15) is 13.8 Å². The standard InChI is InChI=1S/C9H13NO3/c1-5(2)8(12)7-6(11)4-10(3)9(7)13/h5,12H,4H2,1-3H3/b8-7+. The van der Waals surface area contributed by atoms with Crippen molar-refractivity contribution in [1.29, 1.82) is 0 Å². The van der Waals surface area contributed by atoms with E-state index in [0.29, 0.717) is 0 Å². The van der Waals surface area contributed by atoms with Gasteiger partial charge in [-0.2, -0.15) is 0 Å². The van der Waals surface area contributed by atoms with Crippen LogP contribution in [0.3, 0.4) is 0 Å². The molecule has 0 unspecified atom stereocenters. The summed E-state index contributed by atoms with van der Waals surface area (Å²) >= 11 is 0. The lowest BCUT2D eigenvalue weighted by Gasteiger charge is -2.06. The van der Waals surface area contributed by atoms with Gasteiger partial charge in [-0.05, 0) is 0 Å². The third-order valence-electron chi connectivity index (χ3n) is 2.02. The lowest BCUT2D eigenvalue weighted by atomic mass is 10.1. The minimum Gasteiger partial charge on any atom is -0.511 e. The summed E-state index contributed by atoms with van der Waals surface area (Å²) in [6.45, 7) is 3.55. The number of rotatable bonds is 1. The maximum absolute atomic E-state index is 11.3. The Morgan fingerprint density at radius 3 is 2.31 bits per heavy atom. The van der Waals surface area contributed by atoms with E-state index in [1.54, 1.807) is 20.9 Å². The maximum atomic E-state index is 11.3. The zero-order chi connectivity index (χ0) is 10.2. The number of likely N-dealkylation sites (tertiary alicyclic amines) is 1. The van der Waals surface area contributed by atoms with Crippen molar-refractivity contribution in [3.05, 3.63) is 11.3 Å². The van der Waals surface area contributed by atoms with Crippen molar-refractivity contribution in [3.63, 3.8) is 0 Å². The summed E-state index contributed by atoms with van der Waals surface area (Å²) in [6.07, 6.45) is 0. The number of allylic oxidation sites excluding steroid dienone is 1. The number of aliphatic hydroxyl groups is 1. The van der Waals surface area contributed by atoms with Crippen LogP contribution in [0, 0.1) is 5.92 Å². The number of carbonyl (C=O) groups excluding carboxylic acids is 2. The number of carbonyl (C=O) groups is 2. The molecule has 0 aromatic rings. The van der Waals surface area contributed by atoms with Crippen molar-refractivity contribution in [1.82, 2.24) is 4.90 Å². The van der Waals surface area contributed by atoms with E-state index in [9.17, 15) is 14.7 Å². The first kappa shape index (κ1) is 9.77. The van der Waals surface area contributed by atoms with E-state index in [-0.39, 0.29) is 35.5 Å². The molecule has 1 aliphatic rings. The van der Waals surface area contributed by atoms with Gasteiger partial charge in [0.05, 0.1) is 6.54 Å². The molecule has 0 spiro atoms. The van der Waals surface area contributed by atoms with Crippen LogP contribution in [-0.4, -0.2) is 35.3 Å². The van der Waals surface area contributed by atoms with Crippen LogP contribution >= 0.6 is 0 Å². The van der Waals surface area contributed by atoms with Crippen LogP contribution in [0.25, 0.3) is 0 Å². The van der Waals surface area contributed by atoms with Gasteiger partial charge in [-0.1, -0.05) is 13.8 Å². The molecule has 0 saturated carbocycles. The molecule has 13 heavy (non-hydrogen) atoms. The fraction of sp³-hybridized carbons (Fsp3) is 0.556. The van der Waals surface area contributed by atoms with Crippen molar-refractivity contribution >= 4 is 11.7 Å². The van der Waals surface area contributed by atoms with E-state index in [2.05, 4.69) is 0 Å². The van der Waals surface area contributed by atoms with Crippen LogP contribution in [0.2, 0.25) is 0 Å². The summed E-state index contributed by atoms with van der Waals surface area (Å²) in [4.78, 5) is 23.9.